The molecule has 7 nitrogen and oxygen atoms in total. The Kier molecular flexibility index (Phi) is 7.32. The van der Waals surface area contributed by atoms with Crippen LogP contribution in [-0.2, 0) is 21.3 Å². The normalized spacial score (nSPS) is 12.3. The number of fused-ring (bicyclic) bond motifs is 1. The highest BCUT2D eigenvalue weighted by Crippen LogP contribution is 2.23. The van der Waals surface area contributed by atoms with Crippen molar-refractivity contribution < 1.29 is 17.9 Å². The summed E-state index contributed by atoms with van der Waals surface area (Å²) in [5.74, 6) is -0.465. The average molecular weight is 560 g/mol. The van der Waals surface area contributed by atoms with E-state index in [1.165, 1.54) is 17.4 Å². The number of benzene rings is 3. The van der Waals surface area contributed by atoms with Crippen LogP contribution in [0.5, 0.6) is 0 Å². The van der Waals surface area contributed by atoms with E-state index in [0.29, 0.717) is 18.0 Å². The number of halogens is 1. The molecule has 4 aromatic rings. The van der Waals surface area contributed by atoms with Crippen molar-refractivity contribution in [3.8, 4) is 0 Å². The maximum absolute atomic E-state index is 13.0. The van der Waals surface area contributed by atoms with Gasteiger partial charge in [-0.3, -0.25) is 9.52 Å². The molecule has 0 aliphatic rings. The minimum atomic E-state index is -3.78. The molecule has 0 atom stereocenters. The Labute approximate surface area is 209 Å². The highest BCUT2D eigenvalue weighted by Gasteiger charge is 2.15. The highest BCUT2D eigenvalue weighted by molar-refractivity contribution is 9.10. The lowest BCUT2D eigenvalue weighted by Gasteiger charge is -2.09. The zero-order valence-electron chi connectivity index (χ0n) is 18.5. The molecule has 10 heteroatoms. The average Bonchev–Trinajstić information content (AvgIpc) is 3.13. The number of nitrogens with one attached hydrogen (secondary N) is 1. The molecule has 3 aromatic carbocycles. The number of aromatic nitrogens is 1. The van der Waals surface area contributed by atoms with Gasteiger partial charge in [-0.25, -0.2) is 8.42 Å². The van der Waals surface area contributed by atoms with Crippen molar-refractivity contribution >= 4 is 59.1 Å². The summed E-state index contributed by atoms with van der Waals surface area (Å²) >= 11 is 4.88. The van der Waals surface area contributed by atoms with Crippen LogP contribution >= 0.6 is 27.3 Å². The number of ether oxygens (including phenoxy) is 1. The van der Waals surface area contributed by atoms with Gasteiger partial charge in [0.15, 0.2) is 4.80 Å². The summed E-state index contributed by atoms with van der Waals surface area (Å²) in [6.45, 7) is 2.90. The molecular weight excluding hydrogens is 538 g/mol. The number of anilines is 1. The van der Waals surface area contributed by atoms with E-state index < -0.39 is 15.9 Å². The predicted octanol–water partition coefficient (Wildman–Crippen LogP) is 4.96. The number of thiazole rings is 1. The van der Waals surface area contributed by atoms with E-state index in [9.17, 15) is 13.2 Å². The quantitative estimate of drug-likeness (QED) is 0.346. The summed E-state index contributed by atoms with van der Waals surface area (Å²) < 4.78 is 37.1. The molecule has 0 bridgehead atoms. The van der Waals surface area contributed by atoms with Crippen molar-refractivity contribution in [1.82, 2.24) is 4.57 Å². The number of carbonyl (C=O) groups excluding carboxylic acids is 1. The number of carbonyl (C=O) groups is 1. The molecule has 0 radical (unpaired) electrons. The molecule has 176 valence electrons. The summed E-state index contributed by atoms with van der Waals surface area (Å²) in [6.07, 6.45) is 0. The second-order valence-corrected chi connectivity index (χ2v) is 11.2. The molecule has 0 saturated heterocycles. The minimum Gasteiger partial charge on any atom is -0.383 e. The molecule has 0 aliphatic carbocycles. The summed E-state index contributed by atoms with van der Waals surface area (Å²) in [5, 5.41) is 0. The summed E-state index contributed by atoms with van der Waals surface area (Å²) in [7, 11) is -2.16. The van der Waals surface area contributed by atoms with Gasteiger partial charge in [-0.2, -0.15) is 4.99 Å². The zero-order chi connectivity index (χ0) is 24.3. The van der Waals surface area contributed by atoms with Crippen LogP contribution in [0.4, 0.5) is 5.69 Å². The summed E-state index contributed by atoms with van der Waals surface area (Å²) in [5.41, 5.74) is 2.48. The fraction of sp³-hybridized carbons (Fsp3) is 0.167. The number of amides is 1. The van der Waals surface area contributed by atoms with Crippen molar-refractivity contribution in [3.05, 3.63) is 87.1 Å². The number of rotatable bonds is 7. The molecule has 0 fully saturated rings. The third-order valence-electron chi connectivity index (χ3n) is 5.05. The molecule has 4 rings (SSSR count). The third kappa shape index (κ3) is 5.47. The van der Waals surface area contributed by atoms with Gasteiger partial charge >= 0.3 is 0 Å². The van der Waals surface area contributed by atoms with Gasteiger partial charge in [-0.05, 0) is 55.5 Å². The van der Waals surface area contributed by atoms with Crippen LogP contribution in [0.2, 0.25) is 0 Å². The van der Waals surface area contributed by atoms with Gasteiger partial charge in [0.1, 0.15) is 0 Å². The Hall–Kier alpha value is -2.79. The van der Waals surface area contributed by atoms with Gasteiger partial charge in [0.05, 0.1) is 21.7 Å². The van der Waals surface area contributed by atoms with E-state index in [2.05, 4.69) is 25.6 Å². The molecule has 1 heterocycles. The van der Waals surface area contributed by atoms with Crippen LogP contribution in [-0.4, -0.2) is 32.6 Å². The first-order chi connectivity index (χ1) is 16.3. The molecule has 0 spiro atoms. The van der Waals surface area contributed by atoms with Crippen LogP contribution in [0, 0.1) is 6.92 Å². The zero-order valence-corrected chi connectivity index (χ0v) is 21.7. The summed E-state index contributed by atoms with van der Waals surface area (Å²) in [4.78, 5) is 18.1. The molecule has 0 aliphatic heterocycles. The fourth-order valence-electron chi connectivity index (χ4n) is 3.33. The van der Waals surface area contributed by atoms with E-state index in [0.717, 1.165) is 20.3 Å². The van der Waals surface area contributed by atoms with Crippen molar-refractivity contribution in [2.24, 2.45) is 4.99 Å². The first-order valence-electron chi connectivity index (χ1n) is 10.3. The molecule has 34 heavy (non-hydrogen) atoms. The van der Waals surface area contributed by atoms with Crippen LogP contribution < -0.4 is 9.52 Å². The number of nitrogens with zero attached hydrogens (tertiary/aromatic N) is 2. The van der Waals surface area contributed by atoms with Gasteiger partial charge in [-0.15, -0.1) is 0 Å². The van der Waals surface area contributed by atoms with Crippen LogP contribution in [0.3, 0.4) is 0 Å². The standard InChI is InChI=1S/C24H22BrN3O4S2/c1-16-6-9-20(10-7-16)34(30,31)27-19-5-3-4-17(14-19)23(29)26-24-28(12-13-32-2)21-11-8-18(25)15-22(21)33-24/h3-11,14-15,27H,12-13H2,1-2H3. The van der Waals surface area contributed by atoms with Gasteiger partial charge in [0.25, 0.3) is 15.9 Å². The van der Waals surface area contributed by atoms with Crippen molar-refractivity contribution in [3.63, 3.8) is 0 Å². The first kappa shape index (κ1) is 24.3. The lowest BCUT2D eigenvalue weighted by atomic mass is 10.2. The van der Waals surface area contributed by atoms with E-state index >= 15 is 0 Å². The fourth-order valence-corrected chi connectivity index (χ4v) is 5.99. The Balaban J connectivity index is 1.66. The Morgan fingerprint density at radius 3 is 2.62 bits per heavy atom. The van der Waals surface area contributed by atoms with Gasteiger partial charge < -0.3 is 9.30 Å². The van der Waals surface area contributed by atoms with Crippen LogP contribution in [0.1, 0.15) is 15.9 Å². The molecule has 1 aromatic heterocycles. The van der Waals surface area contributed by atoms with E-state index in [1.807, 2.05) is 29.7 Å². The largest absolute Gasteiger partial charge is 0.383 e. The number of methoxy groups -OCH3 is 1. The number of sulfonamides is 1. The van der Waals surface area contributed by atoms with Crippen molar-refractivity contribution in [2.75, 3.05) is 18.4 Å². The second kappa shape index (κ2) is 10.2. The minimum absolute atomic E-state index is 0.148. The molecule has 1 N–H and O–H groups in total. The Morgan fingerprint density at radius 2 is 1.88 bits per heavy atom. The van der Waals surface area contributed by atoms with Gasteiger partial charge in [0, 0.05) is 29.4 Å². The lowest BCUT2D eigenvalue weighted by molar-refractivity contribution is 0.0997. The lowest BCUT2D eigenvalue weighted by Crippen LogP contribution is -2.19. The predicted molar refractivity (Wildman–Crippen MR) is 138 cm³/mol. The highest BCUT2D eigenvalue weighted by atomic mass is 79.9. The van der Waals surface area contributed by atoms with Gasteiger partial charge in [0.2, 0.25) is 0 Å². The smallest absolute Gasteiger partial charge is 0.279 e. The second-order valence-electron chi connectivity index (χ2n) is 7.56. The Morgan fingerprint density at radius 1 is 1.12 bits per heavy atom. The van der Waals surface area contributed by atoms with Gasteiger partial charge in [-0.1, -0.05) is 51.0 Å². The molecule has 0 unspecified atom stereocenters. The SMILES string of the molecule is COCCn1c(=NC(=O)c2cccc(NS(=O)(=O)c3ccc(C)cc3)c2)sc2cc(Br)ccc21. The van der Waals surface area contributed by atoms with Crippen LogP contribution in [0.15, 0.2) is 81.1 Å². The maximum atomic E-state index is 13.0. The molecular formula is C24H22BrN3O4S2. The third-order valence-corrected chi connectivity index (χ3v) is 7.99. The summed E-state index contributed by atoms with van der Waals surface area (Å²) in [6, 6.07) is 18.7. The number of aryl methyl sites for hydroxylation is 1. The van der Waals surface area contributed by atoms with E-state index in [4.69, 9.17) is 4.74 Å². The number of hydrogen-bond donors (Lipinski definition) is 1. The Bertz CT molecular complexity index is 1520. The molecule has 0 saturated carbocycles. The van der Waals surface area contributed by atoms with E-state index in [1.54, 1.807) is 49.6 Å². The van der Waals surface area contributed by atoms with Crippen LogP contribution in [0.25, 0.3) is 10.2 Å². The topological polar surface area (TPSA) is 89.8 Å². The van der Waals surface area contributed by atoms with E-state index in [-0.39, 0.29) is 16.1 Å². The number of hydrogen-bond acceptors (Lipinski definition) is 5. The molecule has 1 amide bonds. The maximum Gasteiger partial charge on any atom is 0.279 e. The first-order valence-corrected chi connectivity index (χ1v) is 13.4. The monoisotopic (exact) mass is 559 g/mol. The van der Waals surface area contributed by atoms with Crippen molar-refractivity contribution in [2.45, 2.75) is 18.4 Å². The van der Waals surface area contributed by atoms with Crippen molar-refractivity contribution in [1.29, 1.82) is 0 Å².